The number of methoxy groups -OCH3 is 1. The van der Waals surface area contributed by atoms with Crippen molar-refractivity contribution < 1.29 is 14.3 Å². The van der Waals surface area contributed by atoms with Crippen molar-refractivity contribution >= 4 is 6.29 Å². The fourth-order valence-corrected chi connectivity index (χ4v) is 1.94. The lowest BCUT2D eigenvalue weighted by atomic mass is 10.00. The Balaban J connectivity index is 2.57. The molecule has 2 rings (SSSR count). The quantitative estimate of drug-likeness (QED) is 0.696. The molecule has 0 saturated heterocycles. The molecule has 0 aliphatic carbocycles. The van der Waals surface area contributed by atoms with Crippen LogP contribution in [0.3, 0.4) is 0 Å². The van der Waals surface area contributed by atoms with Crippen LogP contribution in [0.2, 0.25) is 0 Å². The van der Waals surface area contributed by atoms with Gasteiger partial charge in [0, 0.05) is 12.0 Å². The van der Waals surface area contributed by atoms with Crippen LogP contribution < -0.4 is 9.47 Å². The predicted molar refractivity (Wildman–Crippen MR) is 56.8 cm³/mol. The van der Waals surface area contributed by atoms with E-state index in [1.165, 1.54) is 0 Å². The van der Waals surface area contributed by atoms with E-state index in [0.717, 1.165) is 24.0 Å². The Morgan fingerprint density at radius 1 is 1.47 bits per heavy atom. The number of carbonyl (C=O) groups is 1. The second-order valence-corrected chi connectivity index (χ2v) is 4.32. The van der Waals surface area contributed by atoms with Crippen LogP contribution >= 0.6 is 0 Å². The molecule has 1 heterocycles. The first-order valence-corrected chi connectivity index (χ1v) is 4.91. The molecule has 0 amide bonds. The summed E-state index contributed by atoms with van der Waals surface area (Å²) in [6, 6.07) is 3.54. The van der Waals surface area contributed by atoms with Crippen molar-refractivity contribution in [1.82, 2.24) is 0 Å². The number of ether oxygens (including phenoxy) is 2. The van der Waals surface area contributed by atoms with Crippen LogP contribution in [0, 0.1) is 0 Å². The Labute approximate surface area is 89.0 Å². The Hall–Kier alpha value is -1.51. The van der Waals surface area contributed by atoms with E-state index in [-0.39, 0.29) is 5.60 Å². The van der Waals surface area contributed by atoms with Crippen LogP contribution in [0.4, 0.5) is 0 Å². The molecule has 15 heavy (non-hydrogen) atoms. The topological polar surface area (TPSA) is 35.5 Å². The van der Waals surface area contributed by atoms with E-state index < -0.39 is 0 Å². The second-order valence-electron chi connectivity index (χ2n) is 4.32. The Kier molecular flexibility index (Phi) is 2.18. The fraction of sp³-hybridized carbons (Fsp3) is 0.417. The SMILES string of the molecule is COc1ccc(C=O)c2c1CC(C)(C)O2. The minimum Gasteiger partial charge on any atom is -0.496 e. The van der Waals surface area contributed by atoms with E-state index in [9.17, 15) is 4.79 Å². The van der Waals surface area contributed by atoms with Crippen molar-refractivity contribution in [3.63, 3.8) is 0 Å². The van der Waals surface area contributed by atoms with Gasteiger partial charge in [-0.15, -0.1) is 0 Å². The third-order valence-corrected chi connectivity index (χ3v) is 2.58. The van der Waals surface area contributed by atoms with Crippen molar-refractivity contribution in [2.24, 2.45) is 0 Å². The molecule has 80 valence electrons. The highest BCUT2D eigenvalue weighted by Crippen LogP contribution is 2.42. The van der Waals surface area contributed by atoms with Crippen LogP contribution in [0.5, 0.6) is 11.5 Å². The Bertz CT molecular complexity index is 408. The fourth-order valence-electron chi connectivity index (χ4n) is 1.94. The number of hydrogen-bond donors (Lipinski definition) is 0. The first-order valence-electron chi connectivity index (χ1n) is 4.91. The van der Waals surface area contributed by atoms with Gasteiger partial charge in [-0.05, 0) is 26.0 Å². The number of rotatable bonds is 2. The molecule has 0 fully saturated rings. The lowest BCUT2D eigenvalue weighted by Crippen LogP contribution is -2.24. The normalized spacial score (nSPS) is 16.7. The van der Waals surface area contributed by atoms with Gasteiger partial charge in [-0.3, -0.25) is 4.79 Å². The molecule has 0 N–H and O–H groups in total. The predicted octanol–water partition coefficient (Wildman–Crippen LogP) is 2.22. The van der Waals surface area contributed by atoms with Gasteiger partial charge in [0.05, 0.1) is 12.7 Å². The van der Waals surface area contributed by atoms with Gasteiger partial charge in [0.25, 0.3) is 0 Å². The van der Waals surface area contributed by atoms with E-state index in [2.05, 4.69) is 0 Å². The summed E-state index contributed by atoms with van der Waals surface area (Å²) in [6.45, 7) is 4.00. The number of hydrogen-bond acceptors (Lipinski definition) is 3. The van der Waals surface area contributed by atoms with Crippen molar-refractivity contribution in [2.75, 3.05) is 7.11 Å². The maximum atomic E-state index is 10.9. The van der Waals surface area contributed by atoms with Crippen LogP contribution in [0.25, 0.3) is 0 Å². The van der Waals surface area contributed by atoms with Crippen LogP contribution in [-0.2, 0) is 6.42 Å². The van der Waals surface area contributed by atoms with Crippen molar-refractivity contribution in [2.45, 2.75) is 25.9 Å². The molecule has 1 aliphatic rings. The molecule has 0 saturated carbocycles. The molecule has 0 radical (unpaired) electrons. The summed E-state index contributed by atoms with van der Waals surface area (Å²) in [4.78, 5) is 10.9. The summed E-state index contributed by atoms with van der Waals surface area (Å²) < 4.78 is 11.0. The van der Waals surface area contributed by atoms with Crippen LogP contribution in [0.1, 0.15) is 29.8 Å². The third-order valence-electron chi connectivity index (χ3n) is 2.58. The minimum atomic E-state index is -0.255. The molecular weight excluding hydrogens is 192 g/mol. The van der Waals surface area contributed by atoms with Gasteiger partial charge in [-0.1, -0.05) is 0 Å². The highest BCUT2D eigenvalue weighted by atomic mass is 16.5. The number of benzene rings is 1. The highest BCUT2D eigenvalue weighted by molar-refractivity contribution is 5.81. The number of aldehydes is 1. The highest BCUT2D eigenvalue weighted by Gasteiger charge is 2.34. The average molecular weight is 206 g/mol. The second kappa shape index (κ2) is 3.26. The minimum absolute atomic E-state index is 0.255. The maximum Gasteiger partial charge on any atom is 0.153 e. The molecular formula is C12H14O3. The van der Waals surface area contributed by atoms with E-state index >= 15 is 0 Å². The standard InChI is InChI=1S/C12H14O3/c1-12(2)6-9-10(14-3)5-4-8(7-13)11(9)15-12/h4-5,7H,6H2,1-3H3. The first kappa shape index (κ1) is 10.0. The molecule has 1 aromatic carbocycles. The van der Waals surface area contributed by atoms with E-state index in [0.29, 0.717) is 11.3 Å². The third kappa shape index (κ3) is 1.58. The van der Waals surface area contributed by atoms with E-state index in [4.69, 9.17) is 9.47 Å². The van der Waals surface area contributed by atoms with Crippen molar-refractivity contribution in [3.05, 3.63) is 23.3 Å². The van der Waals surface area contributed by atoms with Crippen LogP contribution in [-0.4, -0.2) is 19.0 Å². The number of fused-ring (bicyclic) bond motifs is 1. The Morgan fingerprint density at radius 3 is 2.80 bits per heavy atom. The van der Waals surface area contributed by atoms with E-state index in [1.807, 2.05) is 19.9 Å². The van der Waals surface area contributed by atoms with Gasteiger partial charge in [0.1, 0.15) is 17.1 Å². The molecule has 0 unspecified atom stereocenters. The molecule has 1 aliphatic heterocycles. The van der Waals surface area contributed by atoms with Crippen LogP contribution in [0.15, 0.2) is 12.1 Å². The van der Waals surface area contributed by atoms with Gasteiger partial charge in [-0.2, -0.15) is 0 Å². The molecule has 0 aromatic heterocycles. The zero-order chi connectivity index (χ0) is 11.1. The monoisotopic (exact) mass is 206 g/mol. The summed E-state index contributed by atoms with van der Waals surface area (Å²) in [7, 11) is 1.63. The zero-order valence-electron chi connectivity index (χ0n) is 9.16. The summed E-state index contributed by atoms with van der Waals surface area (Å²) >= 11 is 0. The van der Waals surface area contributed by atoms with Crippen molar-refractivity contribution in [3.8, 4) is 11.5 Å². The average Bonchev–Trinajstić information content (AvgIpc) is 2.51. The molecule has 0 bridgehead atoms. The smallest absolute Gasteiger partial charge is 0.153 e. The number of carbonyl (C=O) groups excluding carboxylic acids is 1. The Morgan fingerprint density at radius 2 is 2.20 bits per heavy atom. The summed E-state index contributed by atoms with van der Waals surface area (Å²) in [5, 5.41) is 0. The lowest BCUT2D eigenvalue weighted by molar-refractivity contribution is 0.110. The van der Waals surface area contributed by atoms with Gasteiger partial charge >= 0.3 is 0 Å². The first-order chi connectivity index (χ1) is 7.07. The van der Waals surface area contributed by atoms with E-state index in [1.54, 1.807) is 13.2 Å². The molecule has 1 aromatic rings. The summed E-state index contributed by atoms with van der Waals surface area (Å²) in [5.74, 6) is 1.47. The van der Waals surface area contributed by atoms with Gasteiger partial charge < -0.3 is 9.47 Å². The summed E-state index contributed by atoms with van der Waals surface area (Å²) in [6.07, 6.45) is 1.59. The van der Waals surface area contributed by atoms with Crippen molar-refractivity contribution in [1.29, 1.82) is 0 Å². The van der Waals surface area contributed by atoms with Gasteiger partial charge in [-0.25, -0.2) is 0 Å². The lowest BCUT2D eigenvalue weighted by Gasteiger charge is -2.17. The van der Waals surface area contributed by atoms with Gasteiger partial charge in [0.2, 0.25) is 0 Å². The largest absolute Gasteiger partial charge is 0.496 e. The molecule has 0 spiro atoms. The summed E-state index contributed by atoms with van der Waals surface area (Å²) in [5.41, 5.74) is 1.33. The zero-order valence-corrected chi connectivity index (χ0v) is 9.16. The molecule has 0 atom stereocenters. The molecule has 3 nitrogen and oxygen atoms in total. The van der Waals surface area contributed by atoms with Gasteiger partial charge in [0.15, 0.2) is 6.29 Å². The maximum absolute atomic E-state index is 10.9. The molecule has 3 heteroatoms.